The first-order valence-electron chi connectivity index (χ1n) is 6.58. The Morgan fingerprint density at radius 1 is 1.09 bits per heavy atom. The summed E-state index contributed by atoms with van der Waals surface area (Å²) in [5.74, 6) is -1.06. The van der Waals surface area contributed by atoms with Crippen LogP contribution in [-0.4, -0.2) is 23.5 Å². The zero-order valence-corrected chi connectivity index (χ0v) is 13.3. The molecule has 1 N–H and O–H groups in total. The van der Waals surface area contributed by atoms with E-state index in [4.69, 9.17) is 33.0 Å². The average Bonchev–Trinajstić information content (AvgIpc) is 2.52. The third-order valence-electron chi connectivity index (χ3n) is 2.88. The Kier molecular flexibility index (Phi) is 5.79. The zero-order chi connectivity index (χ0) is 16.8. The average molecular weight is 351 g/mol. The molecule has 0 atom stereocenters. The number of halogens is 2. The second-order valence-corrected chi connectivity index (χ2v) is 5.36. The maximum Gasteiger partial charge on any atom is 0.341 e. The highest BCUT2D eigenvalue weighted by atomic mass is 35.5. The summed E-state index contributed by atoms with van der Waals surface area (Å²) in [4.78, 5) is 22.7. The molecule has 0 aliphatic carbocycles. The standard InChI is InChI=1S/C17H12Cl2O4/c18-14-5-2-6-15(19)13(14)7-8-16(20)11-3-1-4-12(9-11)23-10-17(21)22/h1-9H,10H2,(H,21,22). The Morgan fingerprint density at radius 2 is 1.74 bits per heavy atom. The Labute approximate surface area is 142 Å². The van der Waals surface area contributed by atoms with Crippen molar-refractivity contribution in [3.8, 4) is 5.75 Å². The third-order valence-corrected chi connectivity index (χ3v) is 3.54. The molecular weight excluding hydrogens is 339 g/mol. The first-order chi connectivity index (χ1) is 11.0. The molecule has 0 bridgehead atoms. The van der Waals surface area contributed by atoms with Crippen LogP contribution in [0.4, 0.5) is 0 Å². The Balaban J connectivity index is 2.16. The Hall–Kier alpha value is -2.30. The summed E-state index contributed by atoms with van der Waals surface area (Å²) in [6, 6.07) is 11.3. The lowest BCUT2D eigenvalue weighted by molar-refractivity contribution is -0.139. The number of carbonyl (C=O) groups excluding carboxylic acids is 1. The number of ketones is 1. The number of carbonyl (C=O) groups is 2. The van der Waals surface area contributed by atoms with Gasteiger partial charge in [-0.3, -0.25) is 4.79 Å². The molecule has 4 nitrogen and oxygen atoms in total. The van der Waals surface area contributed by atoms with Gasteiger partial charge in [0.1, 0.15) is 5.75 Å². The molecule has 0 aromatic heterocycles. The first-order valence-corrected chi connectivity index (χ1v) is 7.34. The van der Waals surface area contributed by atoms with Gasteiger partial charge in [-0.25, -0.2) is 4.79 Å². The smallest absolute Gasteiger partial charge is 0.341 e. The van der Waals surface area contributed by atoms with Crippen LogP contribution in [0.3, 0.4) is 0 Å². The van der Waals surface area contributed by atoms with Crippen molar-refractivity contribution < 1.29 is 19.4 Å². The molecule has 0 fully saturated rings. The predicted molar refractivity (Wildman–Crippen MR) is 89.4 cm³/mol. The summed E-state index contributed by atoms with van der Waals surface area (Å²) in [6.07, 6.45) is 2.89. The summed E-state index contributed by atoms with van der Waals surface area (Å²) in [5.41, 5.74) is 0.926. The van der Waals surface area contributed by atoms with Gasteiger partial charge in [-0.1, -0.05) is 41.4 Å². The van der Waals surface area contributed by atoms with Gasteiger partial charge in [0, 0.05) is 21.2 Å². The van der Waals surface area contributed by atoms with Crippen LogP contribution >= 0.6 is 23.2 Å². The van der Waals surface area contributed by atoms with E-state index in [1.165, 1.54) is 18.2 Å². The van der Waals surface area contributed by atoms with Crippen LogP contribution in [-0.2, 0) is 4.79 Å². The van der Waals surface area contributed by atoms with Gasteiger partial charge in [0.25, 0.3) is 0 Å². The highest BCUT2D eigenvalue weighted by Gasteiger charge is 2.07. The maximum absolute atomic E-state index is 12.2. The van der Waals surface area contributed by atoms with Crippen LogP contribution in [0.15, 0.2) is 48.5 Å². The van der Waals surface area contributed by atoms with E-state index in [-0.39, 0.29) is 5.78 Å². The first kappa shape index (κ1) is 17.1. The molecule has 0 aliphatic rings. The maximum atomic E-state index is 12.2. The van der Waals surface area contributed by atoms with Crippen molar-refractivity contribution in [3.05, 3.63) is 69.7 Å². The molecular formula is C17H12Cl2O4. The molecule has 0 heterocycles. The van der Waals surface area contributed by atoms with E-state index in [1.54, 1.807) is 36.4 Å². The van der Waals surface area contributed by atoms with E-state index in [1.807, 2.05) is 0 Å². The fourth-order valence-corrected chi connectivity index (χ4v) is 2.33. The van der Waals surface area contributed by atoms with Gasteiger partial charge in [0.15, 0.2) is 12.4 Å². The predicted octanol–water partition coefficient (Wildman–Crippen LogP) is 4.35. The third kappa shape index (κ3) is 4.84. The van der Waals surface area contributed by atoms with Crippen LogP contribution in [0.2, 0.25) is 10.0 Å². The molecule has 0 amide bonds. The van der Waals surface area contributed by atoms with Gasteiger partial charge in [-0.2, -0.15) is 0 Å². The molecule has 23 heavy (non-hydrogen) atoms. The monoisotopic (exact) mass is 350 g/mol. The Bertz CT molecular complexity index is 749. The lowest BCUT2D eigenvalue weighted by atomic mass is 10.1. The van der Waals surface area contributed by atoms with Crippen LogP contribution in [0, 0.1) is 0 Å². The van der Waals surface area contributed by atoms with E-state index >= 15 is 0 Å². The normalized spacial score (nSPS) is 10.7. The van der Waals surface area contributed by atoms with Crippen LogP contribution in [0.1, 0.15) is 15.9 Å². The molecule has 0 radical (unpaired) electrons. The highest BCUT2D eigenvalue weighted by molar-refractivity contribution is 6.37. The molecule has 2 aromatic rings. The van der Waals surface area contributed by atoms with E-state index in [2.05, 4.69) is 0 Å². The fraction of sp³-hybridized carbons (Fsp3) is 0.0588. The summed E-state index contributed by atoms with van der Waals surface area (Å²) in [7, 11) is 0. The summed E-state index contributed by atoms with van der Waals surface area (Å²) in [5, 5.41) is 9.48. The minimum atomic E-state index is -1.09. The van der Waals surface area contributed by atoms with Crippen LogP contribution < -0.4 is 4.74 Å². The lowest BCUT2D eigenvalue weighted by Gasteiger charge is -2.04. The fourth-order valence-electron chi connectivity index (χ4n) is 1.81. The van der Waals surface area contributed by atoms with E-state index in [9.17, 15) is 9.59 Å². The topological polar surface area (TPSA) is 63.6 Å². The van der Waals surface area contributed by atoms with Crippen molar-refractivity contribution in [2.45, 2.75) is 0 Å². The number of carboxylic acid groups (broad SMARTS) is 1. The quantitative estimate of drug-likeness (QED) is 0.621. The summed E-state index contributed by atoms with van der Waals surface area (Å²) in [6.45, 7) is -0.470. The SMILES string of the molecule is O=C(O)COc1cccc(C(=O)C=Cc2c(Cl)cccc2Cl)c1. The number of rotatable bonds is 6. The molecule has 118 valence electrons. The van der Waals surface area contributed by atoms with Gasteiger partial charge in [-0.15, -0.1) is 0 Å². The molecule has 0 saturated heterocycles. The molecule has 6 heteroatoms. The van der Waals surface area contributed by atoms with Gasteiger partial charge in [0.2, 0.25) is 0 Å². The summed E-state index contributed by atoms with van der Waals surface area (Å²) < 4.78 is 5.04. The van der Waals surface area contributed by atoms with E-state index in [0.717, 1.165) is 0 Å². The molecule has 0 spiro atoms. The van der Waals surface area contributed by atoms with Crippen molar-refractivity contribution in [3.63, 3.8) is 0 Å². The van der Waals surface area contributed by atoms with Crippen LogP contribution in [0.5, 0.6) is 5.75 Å². The number of hydrogen-bond donors (Lipinski definition) is 1. The zero-order valence-electron chi connectivity index (χ0n) is 11.8. The van der Waals surface area contributed by atoms with Crippen LogP contribution in [0.25, 0.3) is 6.08 Å². The minimum absolute atomic E-state index is 0.276. The van der Waals surface area contributed by atoms with Crippen molar-refractivity contribution in [2.75, 3.05) is 6.61 Å². The minimum Gasteiger partial charge on any atom is -0.482 e. The molecule has 0 aliphatic heterocycles. The van der Waals surface area contributed by atoms with Gasteiger partial charge in [-0.05, 0) is 36.4 Å². The van der Waals surface area contributed by atoms with Gasteiger partial charge < -0.3 is 9.84 Å². The number of ether oxygens (including phenoxy) is 1. The number of aliphatic carboxylic acids is 1. The highest BCUT2D eigenvalue weighted by Crippen LogP contribution is 2.25. The second kappa shape index (κ2) is 7.81. The van der Waals surface area contributed by atoms with Crippen molar-refractivity contribution in [1.29, 1.82) is 0 Å². The number of benzene rings is 2. The second-order valence-electron chi connectivity index (χ2n) is 4.54. The van der Waals surface area contributed by atoms with Crippen molar-refractivity contribution >= 4 is 41.0 Å². The van der Waals surface area contributed by atoms with Crippen molar-refractivity contribution in [2.24, 2.45) is 0 Å². The largest absolute Gasteiger partial charge is 0.482 e. The van der Waals surface area contributed by atoms with E-state index in [0.29, 0.717) is 26.9 Å². The van der Waals surface area contributed by atoms with Gasteiger partial charge in [0.05, 0.1) is 0 Å². The molecule has 0 unspecified atom stereocenters. The van der Waals surface area contributed by atoms with Crippen molar-refractivity contribution in [1.82, 2.24) is 0 Å². The van der Waals surface area contributed by atoms with Gasteiger partial charge >= 0.3 is 5.97 Å². The Morgan fingerprint density at radius 3 is 2.39 bits per heavy atom. The number of carboxylic acids is 1. The molecule has 2 rings (SSSR count). The molecule has 2 aromatic carbocycles. The number of allylic oxidation sites excluding steroid dienone is 1. The number of hydrogen-bond acceptors (Lipinski definition) is 3. The molecule has 0 saturated carbocycles. The lowest BCUT2D eigenvalue weighted by Crippen LogP contribution is -2.09. The summed E-state index contributed by atoms with van der Waals surface area (Å²) >= 11 is 12.1. The van der Waals surface area contributed by atoms with E-state index < -0.39 is 12.6 Å².